The number of amides is 1. The molecule has 2 heterocycles. The van der Waals surface area contributed by atoms with Crippen LogP contribution in [0.4, 0.5) is 5.69 Å². The van der Waals surface area contributed by atoms with Gasteiger partial charge in [0.25, 0.3) is 0 Å². The molecule has 0 saturated heterocycles. The van der Waals surface area contributed by atoms with Gasteiger partial charge in [-0.3, -0.25) is 9.69 Å². The summed E-state index contributed by atoms with van der Waals surface area (Å²) in [4.78, 5) is 30.9. The molecular weight excluding hydrogens is 428 g/mol. The standard InChI is InChI=1S/C27H28N4O3/c1-4-34-27(33)26-24(18-30(3)16-20-9-6-5-7-10-20)31-17-22(13-14-25(31)29-26)21-11-8-12-23(15-21)28-19(2)32/h5-15,17H,4,16,18H2,1-3H3,(H,28,32). The highest BCUT2D eigenvalue weighted by molar-refractivity contribution is 5.90. The highest BCUT2D eigenvalue weighted by Gasteiger charge is 2.21. The number of nitrogens with zero attached hydrogens (tertiary/aromatic N) is 3. The Bertz CT molecular complexity index is 1310. The van der Waals surface area contributed by atoms with Gasteiger partial charge in [-0.25, -0.2) is 9.78 Å². The number of carbonyl (C=O) groups is 2. The van der Waals surface area contributed by atoms with Crippen molar-refractivity contribution < 1.29 is 14.3 Å². The lowest BCUT2D eigenvalue weighted by molar-refractivity contribution is -0.114. The number of hydrogen-bond acceptors (Lipinski definition) is 5. The number of fused-ring (bicyclic) bond motifs is 1. The minimum Gasteiger partial charge on any atom is -0.461 e. The number of ether oxygens (including phenoxy) is 1. The van der Waals surface area contributed by atoms with E-state index in [1.807, 2.05) is 72.2 Å². The Labute approximate surface area is 199 Å². The van der Waals surface area contributed by atoms with Gasteiger partial charge in [0.15, 0.2) is 5.69 Å². The molecule has 1 amide bonds. The van der Waals surface area contributed by atoms with Crippen molar-refractivity contribution in [3.05, 3.63) is 89.9 Å². The van der Waals surface area contributed by atoms with Crippen LogP contribution in [0.25, 0.3) is 16.8 Å². The quantitative estimate of drug-likeness (QED) is 0.387. The fourth-order valence-electron chi connectivity index (χ4n) is 3.96. The second-order valence-electron chi connectivity index (χ2n) is 8.19. The highest BCUT2D eigenvalue weighted by Crippen LogP contribution is 2.25. The van der Waals surface area contributed by atoms with Gasteiger partial charge in [0, 0.05) is 31.9 Å². The fraction of sp³-hybridized carbons (Fsp3) is 0.222. The highest BCUT2D eigenvalue weighted by atomic mass is 16.5. The van der Waals surface area contributed by atoms with Crippen LogP contribution >= 0.6 is 0 Å². The summed E-state index contributed by atoms with van der Waals surface area (Å²) in [5.74, 6) is -0.548. The molecule has 0 atom stereocenters. The Balaban J connectivity index is 1.73. The van der Waals surface area contributed by atoms with E-state index in [0.717, 1.165) is 29.1 Å². The molecule has 7 heteroatoms. The van der Waals surface area contributed by atoms with Crippen molar-refractivity contribution in [1.82, 2.24) is 14.3 Å². The van der Waals surface area contributed by atoms with E-state index in [2.05, 4.69) is 27.3 Å². The number of pyridine rings is 1. The van der Waals surface area contributed by atoms with E-state index in [1.54, 1.807) is 6.92 Å². The van der Waals surface area contributed by atoms with E-state index in [4.69, 9.17) is 4.74 Å². The van der Waals surface area contributed by atoms with Crippen LogP contribution in [0.2, 0.25) is 0 Å². The molecule has 0 bridgehead atoms. The summed E-state index contributed by atoms with van der Waals surface area (Å²) in [5.41, 5.74) is 5.57. The molecule has 34 heavy (non-hydrogen) atoms. The molecule has 0 aliphatic rings. The first-order chi connectivity index (χ1) is 16.4. The maximum absolute atomic E-state index is 12.7. The lowest BCUT2D eigenvalue weighted by Crippen LogP contribution is -2.20. The van der Waals surface area contributed by atoms with Gasteiger partial charge >= 0.3 is 5.97 Å². The molecule has 0 fully saturated rings. The third-order valence-electron chi connectivity index (χ3n) is 5.42. The monoisotopic (exact) mass is 456 g/mol. The molecule has 0 aliphatic carbocycles. The molecule has 7 nitrogen and oxygen atoms in total. The van der Waals surface area contributed by atoms with Gasteiger partial charge in [0.1, 0.15) is 5.65 Å². The summed E-state index contributed by atoms with van der Waals surface area (Å²) in [6, 6.07) is 21.7. The molecule has 4 rings (SSSR count). The van der Waals surface area contributed by atoms with Crippen molar-refractivity contribution in [2.75, 3.05) is 19.0 Å². The van der Waals surface area contributed by atoms with Crippen LogP contribution in [-0.4, -0.2) is 39.8 Å². The van der Waals surface area contributed by atoms with Crippen LogP contribution in [0.3, 0.4) is 0 Å². The Morgan fingerprint density at radius 3 is 2.53 bits per heavy atom. The minimum atomic E-state index is -0.427. The average molecular weight is 457 g/mol. The smallest absolute Gasteiger partial charge is 0.358 e. The maximum atomic E-state index is 12.7. The summed E-state index contributed by atoms with van der Waals surface area (Å²) in [5, 5.41) is 2.82. The Kier molecular flexibility index (Phi) is 7.04. The lowest BCUT2D eigenvalue weighted by Gasteiger charge is -2.17. The average Bonchev–Trinajstić information content (AvgIpc) is 3.17. The summed E-state index contributed by atoms with van der Waals surface area (Å²) < 4.78 is 7.24. The number of hydrogen-bond donors (Lipinski definition) is 1. The Hall–Kier alpha value is -3.97. The van der Waals surface area contributed by atoms with Crippen LogP contribution in [0.5, 0.6) is 0 Å². The van der Waals surface area contributed by atoms with Crippen LogP contribution in [-0.2, 0) is 22.6 Å². The number of rotatable bonds is 8. The molecule has 0 spiro atoms. The molecule has 0 unspecified atom stereocenters. The zero-order valence-corrected chi connectivity index (χ0v) is 19.6. The first kappa shape index (κ1) is 23.2. The van der Waals surface area contributed by atoms with Crippen LogP contribution < -0.4 is 5.32 Å². The topological polar surface area (TPSA) is 75.9 Å². The van der Waals surface area contributed by atoms with Gasteiger partial charge in [-0.1, -0.05) is 42.5 Å². The molecule has 2 aromatic heterocycles. The van der Waals surface area contributed by atoms with Gasteiger partial charge in [-0.2, -0.15) is 0 Å². The van der Waals surface area contributed by atoms with Gasteiger partial charge in [-0.15, -0.1) is 0 Å². The molecule has 4 aromatic rings. The number of nitrogens with one attached hydrogen (secondary N) is 1. The van der Waals surface area contributed by atoms with E-state index in [1.165, 1.54) is 12.5 Å². The van der Waals surface area contributed by atoms with Crippen molar-refractivity contribution in [2.24, 2.45) is 0 Å². The predicted molar refractivity (Wildman–Crippen MR) is 133 cm³/mol. The number of aromatic nitrogens is 2. The van der Waals surface area contributed by atoms with Crippen LogP contribution in [0, 0.1) is 0 Å². The van der Waals surface area contributed by atoms with Gasteiger partial charge in [-0.05, 0) is 54.9 Å². The number of anilines is 1. The summed E-state index contributed by atoms with van der Waals surface area (Å²) >= 11 is 0. The summed E-state index contributed by atoms with van der Waals surface area (Å²) in [6.07, 6.45) is 1.98. The van der Waals surface area contributed by atoms with E-state index < -0.39 is 5.97 Å². The lowest BCUT2D eigenvalue weighted by atomic mass is 10.1. The van der Waals surface area contributed by atoms with E-state index >= 15 is 0 Å². The van der Waals surface area contributed by atoms with E-state index in [0.29, 0.717) is 17.9 Å². The largest absolute Gasteiger partial charge is 0.461 e. The molecule has 2 aromatic carbocycles. The first-order valence-corrected chi connectivity index (χ1v) is 11.2. The third kappa shape index (κ3) is 5.32. The summed E-state index contributed by atoms with van der Waals surface area (Å²) in [6.45, 7) is 4.80. The fourth-order valence-corrected chi connectivity index (χ4v) is 3.96. The van der Waals surface area contributed by atoms with Crippen LogP contribution in [0.1, 0.15) is 35.6 Å². The number of benzene rings is 2. The van der Waals surface area contributed by atoms with Crippen molar-refractivity contribution in [3.8, 4) is 11.1 Å². The van der Waals surface area contributed by atoms with E-state index in [-0.39, 0.29) is 12.5 Å². The van der Waals surface area contributed by atoms with Crippen molar-refractivity contribution in [2.45, 2.75) is 26.9 Å². The molecule has 0 aliphatic heterocycles. The maximum Gasteiger partial charge on any atom is 0.358 e. The zero-order chi connectivity index (χ0) is 24.1. The number of carbonyl (C=O) groups excluding carboxylic acids is 2. The Morgan fingerprint density at radius 1 is 1.00 bits per heavy atom. The molecule has 0 saturated carbocycles. The predicted octanol–water partition coefficient (Wildman–Crippen LogP) is 4.77. The molecular formula is C27H28N4O3. The molecule has 1 N–H and O–H groups in total. The second kappa shape index (κ2) is 10.3. The molecule has 174 valence electrons. The van der Waals surface area contributed by atoms with Gasteiger partial charge in [0.05, 0.1) is 12.3 Å². The molecule has 0 radical (unpaired) electrons. The normalized spacial score (nSPS) is 11.1. The zero-order valence-electron chi connectivity index (χ0n) is 19.6. The SMILES string of the molecule is CCOC(=O)c1nc2ccc(-c3cccc(NC(C)=O)c3)cn2c1CN(C)Cc1ccccc1. The first-order valence-electron chi connectivity index (χ1n) is 11.2. The van der Waals surface area contributed by atoms with Crippen LogP contribution in [0.15, 0.2) is 72.9 Å². The van der Waals surface area contributed by atoms with E-state index in [9.17, 15) is 9.59 Å². The Morgan fingerprint density at radius 2 is 1.79 bits per heavy atom. The van der Waals surface area contributed by atoms with Gasteiger partial charge in [0.2, 0.25) is 5.91 Å². The second-order valence-corrected chi connectivity index (χ2v) is 8.19. The summed E-state index contributed by atoms with van der Waals surface area (Å²) in [7, 11) is 2.02. The number of imidazole rings is 1. The van der Waals surface area contributed by atoms with Crippen molar-refractivity contribution in [1.29, 1.82) is 0 Å². The van der Waals surface area contributed by atoms with Gasteiger partial charge < -0.3 is 14.5 Å². The number of esters is 1. The van der Waals surface area contributed by atoms with Crippen molar-refractivity contribution >= 4 is 23.2 Å². The minimum absolute atomic E-state index is 0.120. The van der Waals surface area contributed by atoms with Crippen molar-refractivity contribution in [3.63, 3.8) is 0 Å². The third-order valence-corrected chi connectivity index (χ3v) is 5.42.